The van der Waals surface area contributed by atoms with Crippen LogP contribution in [0, 0.1) is 23.2 Å². The van der Waals surface area contributed by atoms with Crippen LogP contribution in [0.3, 0.4) is 0 Å². The van der Waals surface area contributed by atoms with Crippen molar-refractivity contribution in [2.24, 2.45) is 11.8 Å². The number of likely N-dealkylation sites (tertiary alicyclic amines) is 2. The number of nitrogens with zero attached hydrogens (tertiary/aromatic N) is 3. The molecule has 0 unspecified atom stereocenters. The van der Waals surface area contributed by atoms with E-state index in [-0.39, 0.29) is 5.97 Å². The van der Waals surface area contributed by atoms with Gasteiger partial charge in [0, 0.05) is 37.8 Å². The molecule has 2 fully saturated rings. The minimum absolute atomic E-state index is 0.302. The summed E-state index contributed by atoms with van der Waals surface area (Å²) in [4.78, 5) is 17.7. The first kappa shape index (κ1) is 19.9. The zero-order valence-corrected chi connectivity index (χ0v) is 17.6. The number of hydrogen-bond acceptors (Lipinski definition) is 7. The fourth-order valence-corrected chi connectivity index (χ4v) is 5.90. The van der Waals surface area contributed by atoms with Crippen LogP contribution < -0.4 is 5.73 Å². The van der Waals surface area contributed by atoms with Gasteiger partial charge in [0.25, 0.3) is 0 Å². The number of hydrogen-bond donors (Lipinski definition) is 1. The molecule has 2 aromatic rings. The lowest BCUT2D eigenvalue weighted by Crippen LogP contribution is -2.29. The smallest absolute Gasteiger partial charge is 0.348 e. The van der Waals surface area contributed by atoms with Crippen LogP contribution >= 0.6 is 11.3 Å². The van der Waals surface area contributed by atoms with E-state index in [0.717, 1.165) is 36.5 Å². The third-order valence-corrected chi connectivity index (χ3v) is 7.14. The Morgan fingerprint density at radius 3 is 2.76 bits per heavy atom. The van der Waals surface area contributed by atoms with Crippen LogP contribution in [-0.4, -0.2) is 49.1 Å². The van der Waals surface area contributed by atoms with E-state index in [0.29, 0.717) is 46.5 Å². The van der Waals surface area contributed by atoms with E-state index in [1.165, 1.54) is 5.56 Å². The van der Waals surface area contributed by atoms with Crippen molar-refractivity contribution in [2.45, 2.75) is 19.5 Å². The van der Waals surface area contributed by atoms with Crippen molar-refractivity contribution in [3.63, 3.8) is 0 Å². The zero-order valence-electron chi connectivity index (χ0n) is 16.8. The van der Waals surface area contributed by atoms with Gasteiger partial charge < -0.3 is 10.5 Å². The number of nitriles is 1. The number of esters is 1. The Labute approximate surface area is 175 Å². The third kappa shape index (κ3) is 3.64. The summed E-state index contributed by atoms with van der Waals surface area (Å²) in [5.74, 6) is 0.731. The zero-order chi connectivity index (χ0) is 20.5. The maximum atomic E-state index is 12.4. The molecule has 152 valence electrons. The lowest BCUT2D eigenvalue weighted by atomic mass is 9.90. The highest BCUT2D eigenvalue weighted by Gasteiger charge is 2.46. The maximum Gasteiger partial charge on any atom is 0.348 e. The van der Waals surface area contributed by atoms with Crippen molar-refractivity contribution in [3.05, 3.63) is 51.9 Å². The van der Waals surface area contributed by atoms with Crippen LogP contribution in [-0.2, 0) is 11.3 Å². The molecule has 7 heteroatoms. The fourth-order valence-electron chi connectivity index (χ4n) is 4.97. The van der Waals surface area contributed by atoms with Crippen LogP contribution in [0.25, 0.3) is 0 Å². The molecule has 2 saturated heterocycles. The summed E-state index contributed by atoms with van der Waals surface area (Å²) in [6.07, 6.45) is 0. The van der Waals surface area contributed by atoms with Gasteiger partial charge in [-0.2, -0.15) is 5.26 Å². The van der Waals surface area contributed by atoms with Gasteiger partial charge in [0.2, 0.25) is 0 Å². The molecule has 2 N–H and O–H groups in total. The van der Waals surface area contributed by atoms with E-state index < -0.39 is 0 Å². The molecule has 6 nitrogen and oxygen atoms in total. The van der Waals surface area contributed by atoms with E-state index >= 15 is 0 Å². The summed E-state index contributed by atoms with van der Waals surface area (Å²) >= 11 is 1.16. The van der Waals surface area contributed by atoms with Gasteiger partial charge in [-0.3, -0.25) is 9.80 Å². The van der Waals surface area contributed by atoms with Crippen molar-refractivity contribution < 1.29 is 9.53 Å². The first-order valence-electron chi connectivity index (χ1n) is 9.99. The van der Waals surface area contributed by atoms with Gasteiger partial charge in [-0.05, 0) is 31.4 Å². The molecule has 1 aromatic heterocycles. The van der Waals surface area contributed by atoms with Crippen LogP contribution in [0.5, 0.6) is 0 Å². The Hall–Kier alpha value is -2.40. The number of carbonyl (C=O) groups is 1. The van der Waals surface area contributed by atoms with E-state index in [9.17, 15) is 10.1 Å². The van der Waals surface area contributed by atoms with Gasteiger partial charge in [-0.1, -0.05) is 30.3 Å². The summed E-state index contributed by atoms with van der Waals surface area (Å²) in [5.41, 5.74) is 8.53. The van der Waals surface area contributed by atoms with Crippen molar-refractivity contribution in [2.75, 3.05) is 39.0 Å². The quantitative estimate of drug-likeness (QED) is 0.763. The Bertz CT molecular complexity index is 936. The van der Waals surface area contributed by atoms with Crippen LogP contribution in [0.4, 0.5) is 5.00 Å². The van der Waals surface area contributed by atoms with E-state index in [1.807, 2.05) is 0 Å². The molecule has 4 rings (SSSR count). The van der Waals surface area contributed by atoms with Gasteiger partial charge in [-0.25, -0.2) is 4.79 Å². The Morgan fingerprint density at radius 2 is 2.07 bits per heavy atom. The first-order chi connectivity index (χ1) is 14.0. The number of ether oxygens (including phenoxy) is 1. The van der Waals surface area contributed by atoms with Crippen molar-refractivity contribution in [3.8, 4) is 6.07 Å². The second kappa shape index (κ2) is 8.15. The highest BCUT2D eigenvalue weighted by Crippen LogP contribution is 2.45. The second-order valence-electron chi connectivity index (χ2n) is 7.89. The van der Waals surface area contributed by atoms with Crippen molar-refractivity contribution >= 4 is 22.3 Å². The Balaban J connectivity index is 1.56. The fraction of sp³-hybridized carbons (Fsp3) is 0.455. The highest BCUT2D eigenvalue weighted by atomic mass is 32.1. The minimum Gasteiger partial charge on any atom is -0.462 e. The summed E-state index contributed by atoms with van der Waals surface area (Å²) in [6.45, 7) is 5.60. The average molecular weight is 411 g/mol. The van der Waals surface area contributed by atoms with Gasteiger partial charge >= 0.3 is 5.97 Å². The Kier molecular flexibility index (Phi) is 5.59. The molecular formula is C22H26N4O2S. The molecule has 0 bridgehead atoms. The van der Waals surface area contributed by atoms with Crippen molar-refractivity contribution in [1.82, 2.24) is 9.80 Å². The number of carbonyl (C=O) groups excluding carboxylic acids is 1. The predicted octanol–water partition coefficient (Wildman–Crippen LogP) is 3.11. The van der Waals surface area contributed by atoms with Crippen LogP contribution in [0.1, 0.15) is 39.3 Å². The highest BCUT2D eigenvalue weighted by molar-refractivity contribution is 7.18. The molecule has 2 aliphatic rings. The largest absolute Gasteiger partial charge is 0.462 e. The predicted molar refractivity (Wildman–Crippen MR) is 113 cm³/mol. The molecule has 1 aromatic carbocycles. The lowest BCUT2D eigenvalue weighted by molar-refractivity contribution is 0.0530. The van der Waals surface area contributed by atoms with E-state index in [1.54, 1.807) is 6.92 Å². The number of benzene rings is 1. The normalized spacial score (nSPS) is 24.4. The monoisotopic (exact) mass is 410 g/mol. The molecular weight excluding hydrogens is 384 g/mol. The number of nitrogens with two attached hydrogens (primary N) is 1. The molecule has 0 spiro atoms. The number of anilines is 1. The number of fused-ring (bicyclic) bond motifs is 1. The summed E-state index contributed by atoms with van der Waals surface area (Å²) in [6, 6.07) is 13.3. The third-order valence-electron chi connectivity index (χ3n) is 6.10. The van der Waals surface area contributed by atoms with Crippen molar-refractivity contribution in [1.29, 1.82) is 5.26 Å². The number of nitrogen functional groups attached to an aromatic ring is 1. The SMILES string of the molecule is CCOC(=O)c1sc(N)c(C#N)c1CN1C[C@@H]2CN(C)[C@H](c3ccccc3)[C@H]2C1. The summed E-state index contributed by atoms with van der Waals surface area (Å²) in [7, 11) is 2.20. The number of thiophene rings is 1. The maximum absolute atomic E-state index is 12.4. The van der Waals surface area contributed by atoms with Gasteiger partial charge in [0.15, 0.2) is 0 Å². The molecule has 0 amide bonds. The van der Waals surface area contributed by atoms with Gasteiger partial charge in [0.05, 0.1) is 12.2 Å². The topological polar surface area (TPSA) is 82.6 Å². The van der Waals surface area contributed by atoms with Gasteiger partial charge in [0.1, 0.15) is 15.9 Å². The summed E-state index contributed by atoms with van der Waals surface area (Å²) < 4.78 is 5.19. The molecule has 29 heavy (non-hydrogen) atoms. The van der Waals surface area contributed by atoms with Crippen LogP contribution in [0.2, 0.25) is 0 Å². The Morgan fingerprint density at radius 1 is 1.31 bits per heavy atom. The molecule has 3 atom stereocenters. The molecule has 0 aliphatic carbocycles. The second-order valence-corrected chi connectivity index (χ2v) is 8.95. The summed E-state index contributed by atoms with van der Waals surface area (Å²) in [5, 5.41) is 9.98. The van der Waals surface area contributed by atoms with Crippen LogP contribution in [0.15, 0.2) is 30.3 Å². The van der Waals surface area contributed by atoms with E-state index in [4.69, 9.17) is 10.5 Å². The molecule has 0 saturated carbocycles. The average Bonchev–Trinajstić information content (AvgIpc) is 3.32. The molecule has 3 heterocycles. The standard InChI is InChI=1S/C22H26N4O2S/c1-3-28-22(27)20-18(16(9-23)21(24)29-20)13-26-11-15-10-25(2)19(17(15)12-26)14-7-5-4-6-8-14/h4-8,15,17,19H,3,10-13,24H2,1-2H3/t15-,17-,19+/m0/s1. The molecule has 2 aliphatic heterocycles. The van der Waals surface area contributed by atoms with Gasteiger partial charge in [-0.15, -0.1) is 11.3 Å². The minimum atomic E-state index is -0.387. The van der Waals surface area contributed by atoms with E-state index in [2.05, 4.69) is 53.2 Å². The lowest BCUT2D eigenvalue weighted by Gasteiger charge is -2.27. The molecule has 0 radical (unpaired) electrons. The number of rotatable bonds is 5. The first-order valence-corrected chi connectivity index (χ1v) is 10.8.